The highest BCUT2D eigenvalue weighted by Crippen LogP contribution is 2.11. The topological polar surface area (TPSA) is 76.4 Å². The van der Waals surface area contributed by atoms with Gasteiger partial charge in [-0.05, 0) is 37.0 Å². The third-order valence-corrected chi connectivity index (χ3v) is 2.66. The van der Waals surface area contributed by atoms with Gasteiger partial charge in [0.1, 0.15) is 0 Å². The molecule has 0 saturated heterocycles. The SMILES string of the molecule is C.CNc1ccc(CCCCCN=C(N)N)cc1. The Kier molecular flexibility index (Phi) is 8.45. The molecular formula is C14H26N4. The van der Waals surface area contributed by atoms with Crippen molar-refractivity contribution in [3.8, 4) is 0 Å². The van der Waals surface area contributed by atoms with E-state index < -0.39 is 0 Å². The molecule has 4 heteroatoms. The number of guanidine groups is 1. The molecule has 0 aliphatic carbocycles. The monoisotopic (exact) mass is 250 g/mol. The molecule has 5 N–H and O–H groups in total. The second kappa shape index (κ2) is 9.33. The minimum absolute atomic E-state index is 0. The van der Waals surface area contributed by atoms with E-state index in [4.69, 9.17) is 11.5 Å². The average molecular weight is 250 g/mol. The molecular weight excluding hydrogens is 224 g/mol. The molecule has 0 bridgehead atoms. The number of unbranched alkanes of at least 4 members (excludes halogenated alkanes) is 2. The summed E-state index contributed by atoms with van der Waals surface area (Å²) in [6, 6.07) is 8.55. The molecule has 0 spiro atoms. The molecule has 0 heterocycles. The van der Waals surface area contributed by atoms with Gasteiger partial charge in [-0.2, -0.15) is 0 Å². The van der Waals surface area contributed by atoms with Crippen molar-refractivity contribution in [1.29, 1.82) is 0 Å². The van der Waals surface area contributed by atoms with Crippen LogP contribution in [0.25, 0.3) is 0 Å². The standard InChI is InChI=1S/C13H22N4.CH4/c1-16-12-8-6-11(7-9-12)5-3-2-4-10-17-13(14)15;/h6-9,16H,2-5,10H2,1H3,(H4,14,15,17);1H4. The first-order chi connectivity index (χ1) is 8.22. The molecule has 0 aromatic heterocycles. The van der Waals surface area contributed by atoms with Gasteiger partial charge in [-0.25, -0.2) is 0 Å². The van der Waals surface area contributed by atoms with Crippen molar-refractivity contribution < 1.29 is 0 Å². The van der Waals surface area contributed by atoms with Crippen molar-refractivity contribution in [2.24, 2.45) is 16.5 Å². The molecule has 1 aromatic rings. The Hall–Kier alpha value is -1.71. The zero-order chi connectivity index (χ0) is 12.5. The molecule has 0 aliphatic heterocycles. The lowest BCUT2D eigenvalue weighted by atomic mass is 10.1. The van der Waals surface area contributed by atoms with Gasteiger partial charge in [-0.15, -0.1) is 0 Å². The lowest BCUT2D eigenvalue weighted by Gasteiger charge is -2.03. The summed E-state index contributed by atoms with van der Waals surface area (Å²) in [5.74, 6) is 0.188. The van der Waals surface area contributed by atoms with E-state index in [0.29, 0.717) is 0 Å². The number of benzene rings is 1. The minimum Gasteiger partial charge on any atom is -0.388 e. The van der Waals surface area contributed by atoms with Crippen LogP contribution in [0.5, 0.6) is 0 Å². The van der Waals surface area contributed by atoms with Crippen LogP contribution in [0.2, 0.25) is 0 Å². The number of hydrogen-bond acceptors (Lipinski definition) is 2. The quantitative estimate of drug-likeness (QED) is 0.395. The average Bonchev–Trinajstić information content (AvgIpc) is 2.34. The Morgan fingerprint density at radius 3 is 2.33 bits per heavy atom. The molecule has 18 heavy (non-hydrogen) atoms. The highest BCUT2D eigenvalue weighted by molar-refractivity contribution is 5.75. The van der Waals surface area contributed by atoms with Gasteiger partial charge in [0.25, 0.3) is 0 Å². The predicted molar refractivity (Wildman–Crippen MR) is 81.0 cm³/mol. The fraction of sp³-hybridized carbons (Fsp3) is 0.500. The van der Waals surface area contributed by atoms with Crippen LogP contribution in [0.1, 0.15) is 32.3 Å². The lowest BCUT2D eigenvalue weighted by molar-refractivity contribution is 0.687. The summed E-state index contributed by atoms with van der Waals surface area (Å²) in [5, 5.41) is 3.11. The Morgan fingerprint density at radius 2 is 1.78 bits per heavy atom. The zero-order valence-electron chi connectivity index (χ0n) is 10.4. The Bertz CT molecular complexity index is 339. The van der Waals surface area contributed by atoms with E-state index in [2.05, 4.69) is 34.6 Å². The second-order valence-electron chi connectivity index (χ2n) is 4.06. The van der Waals surface area contributed by atoms with E-state index in [1.807, 2.05) is 7.05 Å². The second-order valence-corrected chi connectivity index (χ2v) is 4.06. The first-order valence-electron chi connectivity index (χ1n) is 6.04. The van der Waals surface area contributed by atoms with E-state index in [-0.39, 0.29) is 13.4 Å². The van der Waals surface area contributed by atoms with Gasteiger partial charge in [0.2, 0.25) is 0 Å². The van der Waals surface area contributed by atoms with Crippen LogP contribution < -0.4 is 16.8 Å². The van der Waals surface area contributed by atoms with Crippen LogP contribution in [0.3, 0.4) is 0 Å². The molecule has 0 radical (unpaired) electrons. The number of nitrogens with zero attached hydrogens (tertiary/aromatic N) is 1. The van der Waals surface area contributed by atoms with Gasteiger partial charge in [-0.1, -0.05) is 26.0 Å². The number of hydrogen-bond donors (Lipinski definition) is 3. The predicted octanol–water partition coefficient (Wildman–Crippen LogP) is 2.35. The Balaban J connectivity index is 0.00000289. The van der Waals surface area contributed by atoms with Gasteiger partial charge in [0.15, 0.2) is 5.96 Å². The maximum Gasteiger partial charge on any atom is 0.185 e. The number of rotatable bonds is 7. The molecule has 0 amide bonds. The summed E-state index contributed by atoms with van der Waals surface area (Å²) >= 11 is 0. The van der Waals surface area contributed by atoms with Gasteiger partial charge >= 0.3 is 0 Å². The van der Waals surface area contributed by atoms with E-state index >= 15 is 0 Å². The van der Waals surface area contributed by atoms with E-state index in [9.17, 15) is 0 Å². The molecule has 0 unspecified atom stereocenters. The molecule has 1 aromatic carbocycles. The fourth-order valence-corrected chi connectivity index (χ4v) is 1.66. The van der Waals surface area contributed by atoms with Crippen molar-refractivity contribution >= 4 is 11.6 Å². The number of aryl methyl sites for hydroxylation is 1. The molecule has 0 aliphatic rings. The van der Waals surface area contributed by atoms with Gasteiger partial charge in [0, 0.05) is 19.3 Å². The fourth-order valence-electron chi connectivity index (χ4n) is 1.66. The summed E-state index contributed by atoms with van der Waals surface area (Å²) in [4.78, 5) is 3.96. The lowest BCUT2D eigenvalue weighted by Crippen LogP contribution is -2.22. The highest BCUT2D eigenvalue weighted by Gasteiger charge is 1.94. The third-order valence-electron chi connectivity index (χ3n) is 2.66. The van der Waals surface area contributed by atoms with E-state index in [1.54, 1.807) is 0 Å². The Morgan fingerprint density at radius 1 is 1.11 bits per heavy atom. The number of nitrogens with two attached hydrogens (primary N) is 2. The van der Waals surface area contributed by atoms with Crippen molar-refractivity contribution in [2.75, 3.05) is 18.9 Å². The van der Waals surface area contributed by atoms with Crippen molar-refractivity contribution in [3.63, 3.8) is 0 Å². The first-order valence-corrected chi connectivity index (χ1v) is 6.04. The van der Waals surface area contributed by atoms with Crippen LogP contribution in [0.4, 0.5) is 5.69 Å². The smallest absolute Gasteiger partial charge is 0.185 e. The number of anilines is 1. The number of aliphatic imine (C=N–C) groups is 1. The van der Waals surface area contributed by atoms with Crippen LogP contribution in [0.15, 0.2) is 29.3 Å². The van der Waals surface area contributed by atoms with Gasteiger partial charge in [0.05, 0.1) is 0 Å². The van der Waals surface area contributed by atoms with Crippen LogP contribution >= 0.6 is 0 Å². The summed E-state index contributed by atoms with van der Waals surface area (Å²) in [5.41, 5.74) is 13.0. The summed E-state index contributed by atoms with van der Waals surface area (Å²) in [6.07, 6.45) is 4.50. The van der Waals surface area contributed by atoms with Crippen LogP contribution in [-0.4, -0.2) is 19.6 Å². The number of nitrogens with one attached hydrogen (secondary N) is 1. The van der Waals surface area contributed by atoms with Crippen molar-refractivity contribution in [1.82, 2.24) is 0 Å². The zero-order valence-corrected chi connectivity index (χ0v) is 10.4. The maximum absolute atomic E-state index is 5.25. The Labute approximate surface area is 110 Å². The summed E-state index contributed by atoms with van der Waals surface area (Å²) in [7, 11) is 1.93. The van der Waals surface area contributed by atoms with E-state index in [0.717, 1.165) is 31.5 Å². The molecule has 0 saturated carbocycles. The maximum atomic E-state index is 5.25. The van der Waals surface area contributed by atoms with Gasteiger partial charge < -0.3 is 16.8 Å². The van der Waals surface area contributed by atoms with Crippen LogP contribution in [-0.2, 0) is 6.42 Å². The third kappa shape index (κ3) is 6.78. The molecule has 0 fully saturated rings. The highest BCUT2D eigenvalue weighted by atomic mass is 15.0. The van der Waals surface area contributed by atoms with Crippen LogP contribution in [0, 0.1) is 0 Å². The molecule has 1 rings (SSSR count). The molecule has 102 valence electrons. The normalized spacial score (nSPS) is 9.39. The summed E-state index contributed by atoms with van der Waals surface area (Å²) in [6.45, 7) is 0.737. The minimum atomic E-state index is 0. The van der Waals surface area contributed by atoms with E-state index in [1.165, 1.54) is 12.0 Å². The first kappa shape index (κ1) is 16.3. The van der Waals surface area contributed by atoms with Crippen molar-refractivity contribution in [3.05, 3.63) is 29.8 Å². The van der Waals surface area contributed by atoms with Crippen molar-refractivity contribution in [2.45, 2.75) is 33.1 Å². The molecule has 4 nitrogen and oxygen atoms in total. The van der Waals surface area contributed by atoms with Gasteiger partial charge in [-0.3, -0.25) is 4.99 Å². The largest absolute Gasteiger partial charge is 0.388 e. The molecule has 0 atom stereocenters. The summed E-state index contributed by atoms with van der Waals surface area (Å²) < 4.78 is 0.